The predicted molar refractivity (Wildman–Crippen MR) is 298 cm³/mol. The van der Waals surface area contributed by atoms with Crippen molar-refractivity contribution in [3.63, 3.8) is 0 Å². The zero-order valence-electron chi connectivity index (χ0n) is 47.2. The van der Waals surface area contributed by atoms with Gasteiger partial charge in [0.05, 0.1) is 24.2 Å². The van der Waals surface area contributed by atoms with Gasteiger partial charge in [0, 0.05) is 43.2 Å². The molecule has 4 aromatic carbocycles. The van der Waals surface area contributed by atoms with Crippen LogP contribution in [0.2, 0.25) is 0 Å². The molecule has 0 spiro atoms. The topological polar surface area (TPSA) is 201 Å². The SMILES string of the molecule is CN[C@@H](C)C(=O)NC(C(=O)N1Cc2ccccc2CC1C(=O)N(Cc1ccc(C(=O)N[C@H]2C[C@@H](C(=O)N[C@@H]3CCCc4ccccc43)N(C(=O)[C@@H](NC(=O)[C@H](C)NC)C(C)(C)C)C2)cc1)[C@H](C)c1ccccc1F)C(C)(C)C. The maximum atomic E-state index is 15.7. The second-order valence-electron chi connectivity index (χ2n) is 23.5. The van der Waals surface area contributed by atoms with Crippen LogP contribution < -0.4 is 31.9 Å². The monoisotopic (exact) mass is 1070 g/mol. The maximum Gasteiger partial charge on any atom is 0.251 e. The summed E-state index contributed by atoms with van der Waals surface area (Å²) in [5, 5.41) is 18.0. The fourth-order valence-electron chi connectivity index (χ4n) is 10.8. The fourth-order valence-corrected chi connectivity index (χ4v) is 10.8. The molecule has 7 rings (SSSR count). The molecule has 7 amide bonds. The lowest BCUT2D eigenvalue weighted by Gasteiger charge is -2.43. The van der Waals surface area contributed by atoms with Crippen molar-refractivity contribution >= 4 is 41.4 Å². The first kappa shape index (κ1) is 58.7. The normalized spacial score (nSPS) is 20.2. The Bertz CT molecular complexity index is 2850. The molecule has 3 aliphatic rings. The molecule has 1 saturated heterocycles. The molecule has 2 unspecified atom stereocenters. The number of halogens is 1. The van der Waals surface area contributed by atoms with E-state index in [1.807, 2.05) is 84.0 Å². The highest BCUT2D eigenvalue weighted by atomic mass is 19.1. The van der Waals surface area contributed by atoms with Gasteiger partial charge >= 0.3 is 0 Å². The Morgan fingerprint density at radius 1 is 0.667 bits per heavy atom. The molecule has 0 saturated carbocycles. The van der Waals surface area contributed by atoms with Crippen LogP contribution in [0.4, 0.5) is 4.39 Å². The largest absolute Gasteiger partial charge is 0.347 e. The summed E-state index contributed by atoms with van der Waals surface area (Å²) in [6, 6.07) is 21.8. The van der Waals surface area contributed by atoms with E-state index in [1.54, 1.807) is 87.1 Å². The lowest BCUT2D eigenvalue weighted by atomic mass is 9.84. The molecule has 2 heterocycles. The van der Waals surface area contributed by atoms with Crippen LogP contribution in [0.1, 0.15) is 137 Å². The van der Waals surface area contributed by atoms with Crippen LogP contribution in [0.25, 0.3) is 0 Å². The zero-order chi connectivity index (χ0) is 56.8. The fraction of sp³-hybridized carbons (Fsp3) is 0.492. The van der Waals surface area contributed by atoms with Gasteiger partial charge in [-0.25, -0.2) is 4.39 Å². The second-order valence-corrected chi connectivity index (χ2v) is 23.5. The highest BCUT2D eigenvalue weighted by molar-refractivity contribution is 5.97. The van der Waals surface area contributed by atoms with Crippen LogP contribution in [0, 0.1) is 16.6 Å². The predicted octanol–water partition coefficient (Wildman–Crippen LogP) is 6.04. The molecule has 16 nitrogen and oxygen atoms in total. The summed E-state index contributed by atoms with van der Waals surface area (Å²) in [5.74, 6) is -3.29. The van der Waals surface area contributed by atoms with E-state index < -0.39 is 88.6 Å². The van der Waals surface area contributed by atoms with Crippen molar-refractivity contribution in [3.05, 3.63) is 142 Å². The van der Waals surface area contributed by atoms with E-state index in [2.05, 4.69) is 38.0 Å². The number of hydrogen-bond donors (Lipinski definition) is 6. The molecule has 0 radical (unpaired) electrons. The molecular formula is C61H80FN9O7. The van der Waals surface area contributed by atoms with E-state index in [-0.39, 0.29) is 67.4 Å². The van der Waals surface area contributed by atoms with Gasteiger partial charge < -0.3 is 46.6 Å². The number of likely N-dealkylation sites (N-methyl/N-ethyl adjacent to an activating group) is 2. The summed E-state index contributed by atoms with van der Waals surface area (Å²) in [7, 11) is 3.32. The Morgan fingerprint density at radius 3 is 1.81 bits per heavy atom. The molecule has 9 atom stereocenters. The lowest BCUT2D eigenvalue weighted by Crippen LogP contribution is -2.62. The van der Waals surface area contributed by atoms with Crippen molar-refractivity contribution in [1.29, 1.82) is 0 Å². The first-order chi connectivity index (χ1) is 36.9. The summed E-state index contributed by atoms with van der Waals surface area (Å²) in [5.41, 5.74) is 3.68. The van der Waals surface area contributed by atoms with Crippen molar-refractivity contribution in [2.24, 2.45) is 10.8 Å². The van der Waals surface area contributed by atoms with Gasteiger partial charge in [0.25, 0.3) is 5.91 Å². The first-order valence-corrected chi connectivity index (χ1v) is 27.4. The van der Waals surface area contributed by atoms with Crippen LogP contribution in [0.15, 0.2) is 97.1 Å². The average Bonchev–Trinajstić information content (AvgIpc) is 3.91. The molecule has 0 aromatic heterocycles. The van der Waals surface area contributed by atoms with Gasteiger partial charge in [0.2, 0.25) is 35.4 Å². The van der Waals surface area contributed by atoms with Gasteiger partial charge in [-0.15, -0.1) is 0 Å². The molecule has 2 aliphatic heterocycles. The quantitative estimate of drug-likeness (QED) is 0.0730. The third-order valence-electron chi connectivity index (χ3n) is 15.9. The highest BCUT2D eigenvalue weighted by Crippen LogP contribution is 2.35. The van der Waals surface area contributed by atoms with E-state index in [0.29, 0.717) is 5.56 Å². The number of nitrogens with one attached hydrogen (secondary N) is 6. The van der Waals surface area contributed by atoms with Crippen molar-refractivity contribution < 1.29 is 38.0 Å². The van der Waals surface area contributed by atoms with Gasteiger partial charge in [-0.05, 0) is 117 Å². The third-order valence-corrected chi connectivity index (χ3v) is 15.9. The zero-order valence-corrected chi connectivity index (χ0v) is 47.2. The molecule has 0 bridgehead atoms. The van der Waals surface area contributed by atoms with Crippen LogP contribution in [0.3, 0.4) is 0 Å². The van der Waals surface area contributed by atoms with Crippen LogP contribution in [0.5, 0.6) is 0 Å². The summed E-state index contributed by atoms with van der Waals surface area (Å²) in [6.45, 7) is 16.4. The number of amides is 7. The number of rotatable bonds is 17. The van der Waals surface area contributed by atoms with Crippen molar-refractivity contribution in [3.8, 4) is 0 Å². The number of fused-ring (bicyclic) bond motifs is 2. The number of likely N-dealkylation sites (tertiary alicyclic amines) is 1. The summed E-state index contributed by atoms with van der Waals surface area (Å²) >= 11 is 0. The molecule has 1 aliphatic carbocycles. The van der Waals surface area contributed by atoms with Gasteiger partial charge in [-0.2, -0.15) is 0 Å². The second kappa shape index (κ2) is 24.8. The molecule has 418 valence electrons. The van der Waals surface area contributed by atoms with Crippen LogP contribution in [-0.4, -0.2) is 119 Å². The van der Waals surface area contributed by atoms with Gasteiger partial charge in [0.1, 0.15) is 30.0 Å². The van der Waals surface area contributed by atoms with Crippen molar-refractivity contribution in [1.82, 2.24) is 46.6 Å². The third kappa shape index (κ3) is 13.5. The summed E-state index contributed by atoms with van der Waals surface area (Å²) in [4.78, 5) is 105. The van der Waals surface area contributed by atoms with E-state index in [4.69, 9.17) is 0 Å². The van der Waals surface area contributed by atoms with E-state index in [9.17, 15) is 28.8 Å². The molecule has 17 heteroatoms. The molecular weight excluding hydrogens is 990 g/mol. The Balaban J connectivity index is 1.15. The first-order valence-electron chi connectivity index (χ1n) is 27.4. The molecule has 1 fully saturated rings. The number of aryl methyl sites for hydroxylation is 1. The van der Waals surface area contributed by atoms with Crippen LogP contribution in [-0.2, 0) is 54.7 Å². The summed E-state index contributed by atoms with van der Waals surface area (Å²) < 4.78 is 15.7. The van der Waals surface area contributed by atoms with Crippen molar-refractivity contribution in [2.75, 3.05) is 20.6 Å². The number of nitrogens with zero attached hydrogens (tertiary/aromatic N) is 3. The van der Waals surface area contributed by atoms with Crippen LogP contribution >= 0.6 is 0 Å². The Morgan fingerprint density at radius 2 is 1.22 bits per heavy atom. The van der Waals surface area contributed by atoms with E-state index in [1.165, 1.54) is 16.5 Å². The Kier molecular flexibility index (Phi) is 18.6. The number of hydrogen-bond acceptors (Lipinski definition) is 9. The Hall–Kier alpha value is -6.98. The van der Waals surface area contributed by atoms with Gasteiger partial charge in [0.15, 0.2) is 0 Å². The lowest BCUT2D eigenvalue weighted by molar-refractivity contribution is -0.152. The minimum atomic E-state index is -1.02. The number of carbonyl (C=O) groups excluding carboxylic acids is 7. The Labute approximate surface area is 459 Å². The molecule has 78 heavy (non-hydrogen) atoms. The molecule has 4 aromatic rings. The average molecular weight is 1070 g/mol. The van der Waals surface area contributed by atoms with Crippen molar-refractivity contribution in [2.45, 2.75) is 162 Å². The smallest absolute Gasteiger partial charge is 0.251 e. The highest BCUT2D eigenvalue weighted by Gasteiger charge is 2.47. The minimum Gasteiger partial charge on any atom is -0.347 e. The maximum absolute atomic E-state index is 15.7. The summed E-state index contributed by atoms with van der Waals surface area (Å²) in [6.07, 6.45) is 2.84. The number of carbonyl (C=O) groups is 7. The number of benzene rings is 4. The standard InChI is InChI=1S/C61H80FN9O7/c1-36(63-10)53(72)67-51(60(4,5)6)58(77)70-34-43-21-13-12-20-42(43)31-50(70)57(76)69(38(3)45-23-16-17-25-47(45)62)33-39-27-29-41(30-28-39)55(74)65-44-32-49(56(75)66-48-26-18-22-40-19-14-15-24-46(40)48)71(35-44)59(78)52(61(7,8)9)68-54(73)37(2)64-11/h12-17,19-21,23-25,27-30,36-38,44,48-52,63-64H,18,22,26,31-35H2,1-11H3,(H,65,74)(H,66,75)(H,67,72)(H,68,73)/t36-,37-,38+,44-,48+,49-,50?,51?,52+/m0/s1. The molecule has 6 N–H and O–H groups in total. The minimum absolute atomic E-state index is 0.0140. The van der Waals surface area contributed by atoms with Gasteiger partial charge in [-0.1, -0.05) is 120 Å². The van der Waals surface area contributed by atoms with Gasteiger partial charge in [-0.3, -0.25) is 33.6 Å². The van der Waals surface area contributed by atoms with E-state index in [0.717, 1.165) is 36.0 Å². The van der Waals surface area contributed by atoms with E-state index >= 15 is 9.18 Å².